The molecular formula is C16H21N3O2S. The van der Waals surface area contributed by atoms with Crippen LogP contribution in [0.25, 0.3) is 10.9 Å². The summed E-state index contributed by atoms with van der Waals surface area (Å²) in [6, 6.07) is 8.67. The molecule has 0 saturated carbocycles. The summed E-state index contributed by atoms with van der Waals surface area (Å²) in [5.74, 6) is 0.509. The Kier molecular flexibility index (Phi) is 4.16. The van der Waals surface area contributed by atoms with Crippen LogP contribution in [-0.4, -0.2) is 36.8 Å². The lowest BCUT2D eigenvalue weighted by Crippen LogP contribution is -2.49. The van der Waals surface area contributed by atoms with E-state index in [0.717, 1.165) is 12.8 Å². The number of benzene rings is 1. The highest BCUT2D eigenvalue weighted by Gasteiger charge is 2.35. The second-order valence-electron chi connectivity index (χ2n) is 5.96. The minimum Gasteiger partial charge on any atom is -0.329 e. The highest BCUT2D eigenvalue weighted by molar-refractivity contribution is 7.89. The molecule has 1 fully saturated rings. The number of piperidine rings is 1. The van der Waals surface area contributed by atoms with Gasteiger partial charge in [-0.15, -0.1) is 0 Å². The molecule has 0 amide bonds. The lowest BCUT2D eigenvalue weighted by Gasteiger charge is -2.37. The number of fused-ring (bicyclic) bond motifs is 1. The van der Waals surface area contributed by atoms with E-state index in [-0.39, 0.29) is 6.04 Å². The first-order valence-electron chi connectivity index (χ1n) is 7.59. The minimum atomic E-state index is -3.56. The molecule has 3 rings (SSSR count). The van der Waals surface area contributed by atoms with Gasteiger partial charge in [-0.3, -0.25) is 4.98 Å². The topological polar surface area (TPSA) is 76.3 Å². The summed E-state index contributed by atoms with van der Waals surface area (Å²) in [6.45, 7) is 3.03. The molecule has 1 saturated heterocycles. The fourth-order valence-electron chi connectivity index (χ4n) is 3.19. The molecule has 1 aromatic carbocycles. The van der Waals surface area contributed by atoms with E-state index >= 15 is 0 Å². The molecule has 0 aliphatic carbocycles. The Balaban J connectivity index is 2.08. The molecular weight excluding hydrogens is 298 g/mol. The van der Waals surface area contributed by atoms with E-state index in [4.69, 9.17) is 5.73 Å². The van der Waals surface area contributed by atoms with Crippen molar-refractivity contribution in [1.82, 2.24) is 9.29 Å². The van der Waals surface area contributed by atoms with E-state index in [1.54, 1.807) is 34.8 Å². The van der Waals surface area contributed by atoms with Gasteiger partial charge >= 0.3 is 0 Å². The average Bonchev–Trinajstić information content (AvgIpc) is 2.53. The maximum Gasteiger partial charge on any atom is 0.244 e. The molecule has 2 aromatic rings. The summed E-state index contributed by atoms with van der Waals surface area (Å²) < 4.78 is 27.8. The Morgan fingerprint density at radius 3 is 2.91 bits per heavy atom. The largest absolute Gasteiger partial charge is 0.329 e. The van der Waals surface area contributed by atoms with Crippen LogP contribution in [-0.2, 0) is 10.0 Å². The Bertz CT molecular complexity index is 771. The molecule has 0 radical (unpaired) electrons. The van der Waals surface area contributed by atoms with Crippen molar-refractivity contribution in [1.29, 1.82) is 0 Å². The molecule has 2 N–H and O–H groups in total. The molecule has 1 aliphatic heterocycles. The van der Waals surface area contributed by atoms with E-state index in [0.29, 0.717) is 34.8 Å². The molecule has 118 valence electrons. The number of aromatic nitrogens is 1. The second-order valence-corrected chi connectivity index (χ2v) is 7.82. The number of hydrogen-bond donors (Lipinski definition) is 1. The third kappa shape index (κ3) is 2.62. The van der Waals surface area contributed by atoms with Gasteiger partial charge in [-0.1, -0.05) is 13.0 Å². The average molecular weight is 319 g/mol. The van der Waals surface area contributed by atoms with E-state index in [2.05, 4.69) is 11.9 Å². The van der Waals surface area contributed by atoms with Gasteiger partial charge in [0.2, 0.25) is 10.0 Å². The molecule has 0 spiro atoms. The van der Waals surface area contributed by atoms with Crippen molar-refractivity contribution in [3.63, 3.8) is 0 Å². The quantitative estimate of drug-likeness (QED) is 0.938. The first-order valence-corrected chi connectivity index (χ1v) is 9.03. The predicted octanol–water partition coefficient (Wildman–Crippen LogP) is 1.98. The first kappa shape index (κ1) is 15.4. The molecule has 22 heavy (non-hydrogen) atoms. The van der Waals surface area contributed by atoms with Gasteiger partial charge in [0.15, 0.2) is 0 Å². The highest BCUT2D eigenvalue weighted by atomic mass is 32.2. The maximum absolute atomic E-state index is 13.1. The molecule has 6 heteroatoms. The van der Waals surface area contributed by atoms with Crippen LogP contribution >= 0.6 is 0 Å². The smallest absolute Gasteiger partial charge is 0.244 e. The van der Waals surface area contributed by atoms with Crippen molar-refractivity contribution in [2.75, 3.05) is 13.1 Å². The van der Waals surface area contributed by atoms with Crippen LogP contribution in [0.3, 0.4) is 0 Å². The van der Waals surface area contributed by atoms with Gasteiger partial charge in [0.1, 0.15) is 0 Å². The monoisotopic (exact) mass is 319 g/mol. The van der Waals surface area contributed by atoms with Gasteiger partial charge in [0.25, 0.3) is 0 Å². The zero-order valence-electron chi connectivity index (χ0n) is 12.6. The van der Waals surface area contributed by atoms with Crippen molar-refractivity contribution < 1.29 is 8.42 Å². The summed E-state index contributed by atoms with van der Waals surface area (Å²) >= 11 is 0. The fraction of sp³-hybridized carbons (Fsp3) is 0.438. The van der Waals surface area contributed by atoms with Gasteiger partial charge in [-0.2, -0.15) is 4.31 Å². The zero-order chi connectivity index (χ0) is 15.7. The van der Waals surface area contributed by atoms with Gasteiger partial charge in [0, 0.05) is 30.7 Å². The highest BCUT2D eigenvalue weighted by Crippen LogP contribution is 2.30. The van der Waals surface area contributed by atoms with Crippen LogP contribution in [0.15, 0.2) is 41.4 Å². The molecule has 2 heterocycles. The van der Waals surface area contributed by atoms with Crippen LogP contribution in [0.5, 0.6) is 0 Å². The summed E-state index contributed by atoms with van der Waals surface area (Å²) in [7, 11) is -3.56. The normalized spacial score (nSPS) is 23.7. The number of sulfonamides is 1. The van der Waals surface area contributed by atoms with Crippen molar-refractivity contribution in [2.24, 2.45) is 11.7 Å². The van der Waals surface area contributed by atoms with Crippen LogP contribution < -0.4 is 5.73 Å². The van der Waals surface area contributed by atoms with E-state index in [1.165, 1.54) is 0 Å². The van der Waals surface area contributed by atoms with Crippen molar-refractivity contribution >= 4 is 20.9 Å². The summed E-state index contributed by atoms with van der Waals surface area (Å²) in [4.78, 5) is 4.57. The number of hydrogen-bond acceptors (Lipinski definition) is 4. The Morgan fingerprint density at radius 2 is 2.14 bits per heavy atom. The lowest BCUT2D eigenvalue weighted by molar-refractivity contribution is 0.211. The van der Waals surface area contributed by atoms with E-state index in [9.17, 15) is 8.42 Å². The molecule has 0 bridgehead atoms. The molecule has 1 aliphatic rings. The van der Waals surface area contributed by atoms with Crippen LogP contribution in [0.2, 0.25) is 0 Å². The third-order valence-electron chi connectivity index (χ3n) is 4.39. The summed E-state index contributed by atoms with van der Waals surface area (Å²) in [5, 5.41) is 0.666. The third-order valence-corrected chi connectivity index (χ3v) is 6.40. The molecule has 2 atom stereocenters. The number of nitrogens with two attached hydrogens (primary N) is 1. The molecule has 5 nitrogen and oxygen atoms in total. The summed E-state index contributed by atoms with van der Waals surface area (Å²) in [6.07, 6.45) is 3.36. The van der Waals surface area contributed by atoms with Gasteiger partial charge in [-0.25, -0.2) is 8.42 Å². The standard InChI is InChI=1S/C16H21N3O2S/c1-12-7-9-19(13(10-12)11-17)22(20,21)16-6-2-5-15-14(16)4-3-8-18-15/h2-6,8,12-13H,7,9-11,17H2,1H3. The van der Waals surface area contributed by atoms with Crippen LogP contribution in [0.4, 0.5) is 0 Å². The Labute approximate surface area is 131 Å². The molecule has 1 aromatic heterocycles. The molecule has 2 unspecified atom stereocenters. The van der Waals surface area contributed by atoms with E-state index < -0.39 is 10.0 Å². The zero-order valence-corrected chi connectivity index (χ0v) is 13.5. The number of rotatable bonds is 3. The minimum absolute atomic E-state index is 0.124. The summed E-state index contributed by atoms with van der Waals surface area (Å²) in [5.41, 5.74) is 6.52. The van der Waals surface area contributed by atoms with Gasteiger partial charge < -0.3 is 5.73 Å². The van der Waals surface area contributed by atoms with Crippen LogP contribution in [0, 0.1) is 5.92 Å². The SMILES string of the molecule is CC1CCN(S(=O)(=O)c2cccc3ncccc23)C(CN)C1. The van der Waals surface area contributed by atoms with Gasteiger partial charge in [-0.05, 0) is 43.0 Å². The Hall–Kier alpha value is -1.50. The van der Waals surface area contributed by atoms with Crippen molar-refractivity contribution in [3.05, 3.63) is 36.5 Å². The van der Waals surface area contributed by atoms with Crippen LogP contribution in [0.1, 0.15) is 19.8 Å². The maximum atomic E-state index is 13.1. The predicted molar refractivity (Wildman–Crippen MR) is 86.9 cm³/mol. The van der Waals surface area contributed by atoms with Gasteiger partial charge in [0.05, 0.1) is 10.4 Å². The van der Waals surface area contributed by atoms with Crippen molar-refractivity contribution in [3.8, 4) is 0 Å². The Morgan fingerprint density at radius 1 is 1.32 bits per heavy atom. The van der Waals surface area contributed by atoms with Crippen molar-refractivity contribution in [2.45, 2.75) is 30.7 Å². The van der Waals surface area contributed by atoms with E-state index in [1.807, 2.05) is 6.07 Å². The second kappa shape index (κ2) is 5.95. The lowest BCUT2D eigenvalue weighted by atomic mass is 9.94. The number of nitrogens with zero attached hydrogens (tertiary/aromatic N) is 2. The number of pyridine rings is 1. The first-order chi connectivity index (χ1) is 10.5. The fourth-order valence-corrected chi connectivity index (χ4v) is 5.05.